The van der Waals surface area contributed by atoms with Gasteiger partial charge in [0.1, 0.15) is 6.54 Å². The second-order valence-corrected chi connectivity index (χ2v) is 7.68. The fourth-order valence-electron chi connectivity index (χ4n) is 3.23. The smallest absolute Gasteiger partial charge is 0.417 e. The monoisotopic (exact) mass is 415 g/mol. The van der Waals surface area contributed by atoms with Gasteiger partial charge in [0.15, 0.2) is 0 Å². The van der Waals surface area contributed by atoms with Crippen LogP contribution in [0.25, 0.3) is 0 Å². The zero-order valence-electron chi connectivity index (χ0n) is 18.2. The number of carbonyl (C=O) groups excluding carboxylic acids is 1. The van der Waals surface area contributed by atoms with Crippen LogP contribution in [-0.2, 0) is 9.53 Å². The normalized spacial score (nSPS) is 10.7. The molecule has 0 unspecified atom stereocenters. The average molecular weight is 416 g/mol. The van der Waals surface area contributed by atoms with Crippen LogP contribution in [0.15, 0.2) is 0 Å². The van der Waals surface area contributed by atoms with E-state index in [4.69, 9.17) is 14.9 Å². The number of hydrogen-bond acceptors (Lipinski definition) is 4. The molecule has 0 bridgehead atoms. The van der Waals surface area contributed by atoms with E-state index >= 15 is 0 Å². The van der Waals surface area contributed by atoms with Crippen LogP contribution in [0.3, 0.4) is 0 Å². The van der Waals surface area contributed by atoms with Crippen molar-refractivity contribution in [2.45, 2.75) is 110 Å². The van der Waals surface area contributed by atoms with Gasteiger partial charge in [-0.05, 0) is 6.42 Å². The quantitative estimate of drug-likeness (QED) is 0.185. The van der Waals surface area contributed by atoms with Crippen LogP contribution in [0.2, 0.25) is 0 Å². The second kappa shape index (κ2) is 19.5. The first-order valence-corrected chi connectivity index (χ1v) is 11.4. The fraction of sp³-hybridized carbons (Fsp3) is 0.864. The highest BCUT2D eigenvalue weighted by Gasteiger charge is 2.23. The summed E-state index contributed by atoms with van der Waals surface area (Å²) in [5.74, 6) is -0.837. The molecule has 29 heavy (non-hydrogen) atoms. The molecule has 0 aromatic carbocycles. The second-order valence-electron chi connectivity index (χ2n) is 7.68. The van der Waals surface area contributed by atoms with Crippen molar-refractivity contribution in [3.05, 3.63) is 0 Å². The molecule has 2 amide bonds. The van der Waals surface area contributed by atoms with Crippen LogP contribution < -0.4 is 0 Å². The zero-order chi connectivity index (χ0) is 21.7. The summed E-state index contributed by atoms with van der Waals surface area (Å²) in [5.41, 5.74) is 0. The molecule has 0 fully saturated rings. The van der Waals surface area contributed by atoms with Gasteiger partial charge < -0.3 is 14.9 Å². The van der Waals surface area contributed by atoms with Gasteiger partial charge in [0.05, 0.1) is 6.61 Å². The van der Waals surface area contributed by atoms with E-state index in [1.807, 2.05) is 0 Å². The summed E-state index contributed by atoms with van der Waals surface area (Å²) in [6, 6.07) is 0. The minimum absolute atomic E-state index is 0.00986. The van der Waals surface area contributed by atoms with Gasteiger partial charge in [0.2, 0.25) is 0 Å². The minimum atomic E-state index is -1.68. The Bertz CT molecular complexity index is 427. The van der Waals surface area contributed by atoms with Gasteiger partial charge in [-0.15, -0.1) is 0 Å². The summed E-state index contributed by atoms with van der Waals surface area (Å²) >= 11 is 0. The van der Waals surface area contributed by atoms with Crippen molar-refractivity contribution in [2.75, 3.05) is 13.2 Å². The predicted octanol–water partition coefficient (Wildman–Crippen LogP) is 6.45. The van der Waals surface area contributed by atoms with E-state index in [1.54, 1.807) is 0 Å². The summed E-state index contributed by atoms with van der Waals surface area (Å²) < 4.78 is 4.88. The highest BCUT2D eigenvalue weighted by Crippen LogP contribution is 2.13. The molecule has 0 heterocycles. The fourth-order valence-corrected chi connectivity index (χ4v) is 3.23. The van der Waals surface area contributed by atoms with Crippen LogP contribution >= 0.6 is 0 Å². The van der Waals surface area contributed by atoms with Crippen LogP contribution in [0.5, 0.6) is 0 Å². The summed E-state index contributed by atoms with van der Waals surface area (Å²) in [5, 5.41) is 17.3. The number of ether oxygens (including phenoxy) is 1. The molecule has 2 N–H and O–H groups in total. The molecule has 0 rings (SSSR count). The Balaban J connectivity index is 3.32. The number of nitrogens with zero attached hydrogens (tertiary/aromatic N) is 1. The van der Waals surface area contributed by atoms with E-state index in [0.717, 1.165) is 12.8 Å². The molecule has 0 aliphatic heterocycles. The minimum Gasteiger partial charge on any atom is -0.465 e. The summed E-state index contributed by atoms with van der Waals surface area (Å²) in [6.45, 7) is 1.66. The Morgan fingerprint density at radius 1 is 0.621 bits per heavy atom. The number of rotatable bonds is 19. The van der Waals surface area contributed by atoms with E-state index in [9.17, 15) is 14.4 Å². The van der Waals surface area contributed by atoms with Gasteiger partial charge in [0.25, 0.3) is 0 Å². The maximum absolute atomic E-state index is 11.4. The first-order chi connectivity index (χ1) is 14.0. The van der Waals surface area contributed by atoms with Crippen LogP contribution in [0, 0.1) is 0 Å². The Morgan fingerprint density at radius 3 is 1.31 bits per heavy atom. The number of carbonyl (C=O) groups is 3. The third-order valence-corrected chi connectivity index (χ3v) is 5.01. The lowest BCUT2D eigenvalue weighted by Gasteiger charge is -2.12. The highest BCUT2D eigenvalue weighted by atomic mass is 16.5. The van der Waals surface area contributed by atoms with Crippen molar-refractivity contribution < 1.29 is 29.3 Å². The number of unbranched alkanes of at least 4 members (excludes halogenated alkanes) is 15. The van der Waals surface area contributed by atoms with Gasteiger partial charge >= 0.3 is 18.2 Å². The van der Waals surface area contributed by atoms with E-state index in [0.29, 0.717) is 6.42 Å². The molecular formula is C22H41NO6. The van der Waals surface area contributed by atoms with Gasteiger partial charge in [-0.25, -0.2) is 14.5 Å². The summed E-state index contributed by atoms with van der Waals surface area (Å²) in [7, 11) is 0. The molecule has 0 aromatic rings. The Hall–Kier alpha value is -1.79. The molecule has 0 atom stereocenters. The van der Waals surface area contributed by atoms with Crippen LogP contribution in [0.4, 0.5) is 9.59 Å². The lowest BCUT2D eigenvalue weighted by atomic mass is 10.0. The number of hydrogen-bond donors (Lipinski definition) is 2. The summed E-state index contributed by atoms with van der Waals surface area (Å²) in [6.07, 6.45) is 16.8. The molecule has 7 nitrogen and oxygen atoms in total. The third-order valence-electron chi connectivity index (χ3n) is 5.01. The number of carboxylic acid groups (broad SMARTS) is 2. The molecule has 0 aliphatic rings. The third kappa shape index (κ3) is 18.0. The molecule has 0 spiro atoms. The molecule has 7 heteroatoms. The van der Waals surface area contributed by atoms with Crippen molar-refractivity contribution in [1.29, 1.82) is 0 Å². The van der Waals surface area contributed by atoms with Crippen molar-refractivity contribution >= 4 is 18.2 Å². The van der Waals surface area contributed by atoms with Gasteiger partial charge in [-0.1, -0.05) is 103 Å². The van der Waals surface area contributed by atoms with Crippen LogP contribution in [-0.4, -0.2) is 46.4 Å². The maximum atomic E-state index is 11.4. The van der Waals surface area contributed by atoms with Gasteiger partial charge in [0, 0.05) is 0 Å². The number of esters is 1. The average Bonchev–Trinajstić information content (AvgIpc) is 2.68. The maximum Gasteiger partial charge on any atom is 0.417 e. The number of amides is 2. The zero-order valence-corrected chi connectivity index (χ0v) is 18.2. The summed E-state index contributed by atoms with van der Waals surface area (Å²) in [4.78, 5) is 32.7. The van der Waals surface area contributed by atoms with Gasteiger partial charge in [-0.2, -0.15) is 0 Å². The molecule has 170 valence electrons. The largest absolute Gasteiger partial charge is 0.465 e. The molecule has 0 aromatic heterocycles. The number of imide groups is 1. The molecule has 0 aliphatic carbocycles. The molecule has 0 radical (unpaired) electrons. The highest BCUT2D eigenvalue weighted by molar-refractivity contribution is 5.90. The predicted molar refractivity (Wildman–Crippen MR) is 113 cm³/mol. The Labute approximate surface area is 175 Å². The topological polar surface area (TPSA) is 104 Å². The van der Waals surface area contributed by atoms with E-state index in [1.165, 1.54) is 83.5 Å². The van der Waals surface area contributed by atoms with Crippen LogP contribution in [0.1, 0.15) is 110 Å². The first kappa shape index (κ1) is 27.2. The van der Waals surface area contributed by atoms with Gasteiger partial charge in [-0.3, -0.25) is 4.79 Å². The lowest BCUT2D eigenvalue weighted by Crippen LogP contribution is -2.39. The van der Waals surface area contributed by atoms with Crippen molar-refractivity contribution in [1.82, 2.24) is 4.90 Å². The van der Waals surface area contributed by atoms with E-state index in [2.05, 4.69) is 6.92 Å². The van der Waals surface area contributed by atoms with Crippen molar-refractivity contribution in [3.8, 4) is 0 Å². The standard InChI is InChI=1S/C22H41NO6/c1-2-3-4-5-6-7-8-9-10-11-12-13-14-15-16-17-18-29-20(24)19-23(21(25)26)22(27)28/h2-19H2,1H3,(H,25,26)(H,27,28). The molecular weight excluding hydrogens is 374 g/mol. The van der Waals surface area contributed by atoms with Crippen molar-refractivity contribution in [2.24, 2.45) is 0 Å². The van der Waals surface area contributed by atoms with E-state index in [-0.39, 0.29) is 11.5 Å². The SMILES string of the molecule is CCCCCCCCCCCCCCCCCCOC(=O)CN(C(=O)O)C(=O)O. The molecule has 0 saturated heterocycles. The molecule has 0 saturated carbocycles. The van der Waals surface area contributed by atoms with E-state index < -0.39 is 24.7 Å². The first-order valence-electron chi connectivity index (χ1n) is 11.4. The lowest BCUT2D eigenvalue weighted by molar-refractivity contribution is -0.144. The van der Waals surface area contributed by atoms with Crippen molar-refractivity contribution in [3.63, 3.8) is 0 Å². The Kier molecular flexibility index (Phi) is 18.3. The Morgan fingerprint density at radius 2 is 0.966 bits per heavy atom.